The standard InChI is InChI=1S/C16H13ClN2OS2.C7H13N/c17-14-8-13(18-9-12-5-3-7-21-12)16-15(19-14)11(10-22-16)4-1-2-6-20;1-8-7-5-3-2-4-6-7/h3,5,7-8,10,20H,2,6,9H2,(H,18,19);2-3,7-8H,4-6H2,1H3. The van der Waals surface area contributed by atoms with Crippen LogP contribution in [-0.4, -0.2) is 29.8 Å². The quantitative estimate of drug-likeness (QED) is 0.261. The summed E-state index contributed by atoms with van der Waals surface area (Å²) in [6.07, 6.45) is 8.76. The van der Waals surface area contributed by atoms with Gasteiger partial charge in [-0.3, -0.25) is 0 Å². The number of aliphatic hydroxyl groups is 1. The second-order valence-corrected chi connectivity index (χ2v) is 9.10. The molecule has 1 unspecified atom stereocenters. The first kappa shape index (κ1) is 22.8. The topological polar surface area (TPSA) is 57.2 Å². The molecular formula is C23H26ClN3OS2. The van der Waals surface area contributed by atoms with Crippen molar-refractivity contribution in [2.24, 2.45) is 0 Å². The maximum atomic E-state index is 8.81. The molecule has 0 spiro atoms. The van der Waals surface area contributed by atoms with E-state index in [-0.39, 0.29) is 6.61 Å². The van der Waals surface area contributed by atoms with Gasteiger partial charge in [-0.1, -0.05) is 41.7 Å². The van der Waals surface area contributed by atoms with Gasteiger partial charge in [0.2, 0.25) is 0 Å². The average Bonchev–Trinajstić information content (AvgIpc) is 3.43. The molecule has 30 heavy (non-hydrogen) atoms. The lowest BCUT2D eigenvalue weighted by Crippen LogP contribution is -2.25. The molecule has 3 aromatic rings. The van der Waals surface area contributed by atoms with Crippen LogP contribution in [0.3, 0.4) is 0 Å². The Kier molecular flexibility index (Phi) is 9.19. The molecule has 7 heteroatoms. The third-order valence-electron chi connectivity index (χ3n) is 4.66. The van der Waals surface area contributed by atoms with Crippen molar-refractivity contribution in [1.82, 2.24) is 10.3 Å². The zero-order valence-corrected chi connectivity index (χ0v) is 19.3. The second kappa shape index (κ2) is 12.1. The average molecular weight is 460 g/mol. The fraction of sp³-hybridized carbons (Fsp3) is 0.348. The van der Waals surface area contributed by atoms with Crippen LogP contribution in [-0.2, 0) is 6.54 Å². The van der Waals surface area contributed by atoms with Crippen LogP contribution in [0.2, 0.25) is 5.15 Å². The van der Waals surface area contributed by atoms with Crippen molar-refractivity contribution < 1.29 is 5.11 Å². The highest BCUT2D eigenvalue weighted by molar-refractivity contribution is 7.18. The Morgan fingerprint density at radius 2 is 2.23 bits per heavy atom. The Morgan fingerprint density at radius 3 is 2.90 bits per heavy atom. The van der Waals surface area contributed by atoms with E-state index in [9.17, 15) is 0 Å². The number of fused-ring (bicyclic) bond motifs is 1. The van der Waals surface area contributed by atoms with Crippen LogP contribution in [0.4, 0.5) is 5.69 Å². The van der Waals surface area contributed by atoms with E-state index in [0.29, 0.717) is 11.6 Å². The Bertz CT molecular complexity index is 1020. The fourth-order valence-corrected chi connectivity index (χ4v) is 4.83. The van der Waals surface area contributed by atoms with Gasteiger partial charge in [0.25, 0.3) is 0 Å². The molecule has 4 nitrogen and oxygen atoms in total. The third-order valence-corrected chi connectivity index (χ3v) is 6.73. The molecule has 0 radical (unpaired) electrons. The highest BCUT2D eigenvalue weighted by Crippen LogP contribution is 2.33. The minimum Gasteiger partial charge on any atom is -0.395 e. The van der Waals surface area contributed by atoms with E-state index in [4.69, 9.17) is 16.7 Å². The van der Waals surface area contributed by atoms with Crippen LogP contribution >= 0.6 is 34.3 Å². The van der Waals surface area contributed by atoms with E-state index >= 15 is 0 Å². The molecule has 0 saturated carbocycles. The number of nitrogens with one attached hydrogen (secondary N) is 2. The van der Waals surface area contributed by atoms with Gasteiger partial charge in [-0.05, 0) is 37.8 Å². The maximum absolute atomic E-state index is 8.81. The first-order valence-electron chi connectivity index (χ1n) is 9.97. The number of pyridine rings is 1. The van der Waals surface area contributed by atoms with Gasteiger partial charge in [0, 0.05) is 35.3 Å². The van der Waals surface area contributed by atoms with Gasteiger partial charge < -0.3 is 15.7 Å². The molecule has 0 saturated heterocycles. The van der Waals surface area contributed by atoms with Crippen LogP contribution in [0.25, 0.3) is 10.2 Å². The highest BCUT2D eigenvalue weighted by atomic mass is 35.5. The van der Waals surface area contributed by atoms with Crippen LogP contribution in [0, 0.1) is 11.8 Å². The molecule has 0 aromatic carbocycles. The van der Waals surface area contributed by atoms with Crippen molar-refractivity contribution in [3.05, 3.63) is 56.7 Å². The molecule has 3 N–H and O–H groups in total. The molecule has 3 heterocycles. The van der Waals surface area contributed by atoms with Crippen molar-refractivity contribution in [2.75, 3.05) is 19.0 Å². The van der Waals surface area contributed by atoms with Crippen LogP contribution in [0.1, 0.15) is 36.1 Å². The predicted molar refractivity (Wildman–Crippen MR) is 131 cm³/mol. The number of rotatable bonds is 5. The second-order valence-electron chi connectivity index (χ2n) is 6.80. The summed E-state index contributed by atoms with van der Waals surface area (Å²) in [4.78, 5) is 5.66. The Labute approximate surface area is 191 Å². The van der Waals surface area contributed by atoms with Gasteiger partial charge in [0.15, 0.2) is 0 Å². The van der Waals surface area contributed by atoms with Crippen molar-refractivity contribution >= 4 is 50.2 Å². The summed E-state index contributed by atoms with van der Waals surface area (Å²) in [5.41, 5.74) is 2.65. The summed E-state index contributed by atoms with van der Waals surface area (Å²) in [5, 5.41) is 20.0. The van der Waals surface area contributed by atoms with E-state index in [1.54, 1.807) is 22.7 Å². The highest BCUT2D eigenvalue weighted by Gasteiger charge is 2.10. The van der Waals surface area contributed by atoms with Crippen molar-refractivity contribution in [2.45, 2.75) is 38.3 Å². The van der Waals surface area contributed by atoms with Crippen molar-refractivity contribution in [1.29, 1.82) is 0 Å². The summed E-state index contributed by atoms with van der Waals surface area (Å²) in [6, 6.07) is 6.73. The molecular weight excluding hydrogens is 434 g/mol. The lowest BCUT2D eigenvalue weighted by Gasteiger charge is -2.15. The van der Waals surface area contributed by atoms with Crippen molar-refractivity contribution in [3.8, 4) is 11.8 Å². The van der Waals surface area contributed by atoms with Gasteiger partial charge in [0.1, 0.15) is 10.7 Å². The number of anilines is 1. The summed E-state index contributed by atoms with van der Waals surface area (Å²) >= 11 is 9.46. The molecule has 0 bridgehead atoms. The number of aliphatic hydroxyl groups excluding tert-OH is 1. The molecule has 1 aliphatic carbocycles. The van der Waals surface area contributed by atoms with Gasteiger partial charge >= 0.3 is 0 Å². The summed E-state index contributed by atoms with van der Waals surface area (Å²) in [5.74, 6) is 5.97. The minimum absolute atomic E-state index is 0.0663. The molecule has 3 aromatic heterocycles. The van der Waals surface area contributed by atoms with E-state index in [1.807, 2.05) is 24.6 Å². The molecule has 4 rings (SSSR count). The zero-order chi connectivity index (χ0) is 21.2. The van der Waals surface area contributed by atoms with Crippen LogP contribution < -0.4 is 10.6 Å². The first-order valence-corrected chi connectivity index (χ1v) is 12.1. The number of hydrogen-bond acceptors (Lipinski definition) is 6. The van der Waals surface area contributed by atoms with E-state index < -0.39 is 0 Å². The van der Waals surface area contributed by atoms with Crippen molar-refractivity contribution in [3.63, 3.8) is 0 Å². The van der Waals surface area contributed by atoms with Gasteiger partial charge in [0.05, 0.1) is 22.6 Å². The number of nitrogens with zero attached hydrogens (tertiary/aromatic N) is 1. The third kappa shape index (κ3) is 6.56. The number of aromatic nitrogens is 1. The monoisotopic (exact) mass is 459 g/mol. The van der Waals surface area contributed by atoms with Crippen LogP contribution in [0.5, 0.6) is 0 Å². The molecule has 1 aliphatic rings. The SMILES string of the molecule is CNC1CC=CCC1.OCCC#Cc1csc2c(NCc3cccs3)cc(Cl)nc12. The smallest absolute Gasteiger partial charge is 0.131 e. The summed E-state index contributed by atoms with van der Waals surface area (Å²) in [7, 11) is 2.03. The molecule has 0 amide bonds. The lowest BCUT2D eigenvalue weighted by atomic mass is 10.0. The number of halogens is 1. The van der Waals surface area contributed by atoms with Gasteiger partial charge in [-0.15, -0.1) is 22.7 Å². The zero-order valence-electron chi connectivity index (χ0n) is 17.0. The summed E-state index contributed by atoms with van der Waals surface area (Å²) < 4.78 is 1.05. The molecule has 1 atom stereocenters. The van der Waals surface area contributed by atoms with E-state index in [1.165, 1.54) is 24.1 Å². The van der Waals surface area contributed by atoms with E-state index in [2.05, 4.69) is 51.1 Å². The molecule has 0 aliphatic heterocycles. The first-order chi connectivity index (χ1) is 14.7. The summed E-state index contributed by atoms with van der Waals surface area (Å²) in [6.45, 7) is 0.827. The predicted octanol–water partition coefficient (Wildman–Crippen LogP) is 5.67. The minimum atomic E-state index is 0.0663. The fourth-order valence-electron chi connectivity index (χ4n) is 3.06. The Hall–Kier alpha value is -1.88. The molecule has 158 valence electrons. The van der Waals surface area contributed by atoms with Crippen LogP contribution in [0.15, 0.2) is 41.1 Å². The maximum Gasteiger partial charge on any atom is 0.131 e. The number of allylic oxidation sites excluding steroid dienone is 1. The number of thiophene rings is 2. The molecule has 0 fully saturated rings. The Morgan fingerprint density at radius 1 is 1.33 bits per heavy atom. The number of hydrogen-bond donors (Lipinski definition) is 3. The normalized spacial score (nSPS) is 15.2. The van der Waals surface area contributed by atoms with Gasteiger partial charge in [-0.25, -0.2) is 4.98 Å². The Balaban J connectivity index is 0.000000269. The van der Waals surface area contributed by atoms with Gasteiger partial charge in [-0.2, -0.15) is 0 Å². The van der Waals surface area contributed by atoms with E-state index in [0.717, 1.165) is 34.1 Å². The lowest BCUT2D eigenvalue weighted by molar-refractivity contribution is 0.305. The largest absolute Gasteiger partial charge is 0.395 e.